The third-order valence-corrected chi connectivity index (χ3v) is 6.23. The number of pyridine rings is 1. The van der Waals surface area contributed by atoms with Crippen molar-refractivity contribution in [3.63, 3.8) is 0 Å². The van der Waals surface area contributed by atoms with Crippen LogP contribution in [-0.4, -0.2) is 43.8 Å². The first-order valence-corrected chi connectivity index (χ1v) is 13.4. The van der Waals surface area contributed by atoms with Crippen LogP contribution in [0.4, 0.5) is 0 Å². The molecule has 0 amide bonds. The van der Waals surface area contributed by atoms with Crippen LogP contribution in [0, 0.1) is 0 Å². The summed E-state index contributed by atoms with van der Waals surface area (Å²) in [6.07, 6.45) is 1.85. The summed E-state index contributed by atoms with van der Waals surface area (Å²) in [7, 11) is -1.16. The summed E-state index contributed by atoms with van der Waals surface area (Å²) in [4.78, 5) is 19.2. The molecule has 0 bridgehead atoms. The molecule has 8 heteroatoms. The van der Waals surface area contributed by atoms with Gasteiger partial charge in [-0.3, -0.25) is 0 Å². The number of aromatic nitrogens is 2. The van der Waals surface area contributed by atoms with E-state index in [2.05, 4.69) is 45.5 Å². The molecule has 0 saturated carbocycles. The minimum absolute atomic E-state index is 0.0961. The Morgan fingerprint density at radius 1 is 1.38 bits per heavy atom. The van der Waals surface area contributed by atoms with E-state index in [1.54, 1.807) is 6.92 Å². The molecule has 0 saturated heterocycles. The molecule has 1 N–H and O–H groups in total. The quantitative estimate of drug-likeness (QED) is 0.335. The number of esters is 1. The van der Waals surface area contributed by atoms with E-state index >= 15 is 0 Å². The van der Waals surface area contributed by atoms with Crippen molar-refractivity contribution in [2.75, 3.05) is 19.8 Å². The third kappa shape index (κ3) is 6.50. The van der Waals surface area contributed by atoms with Gasteiger partial charge in [0.1, 0.15) is 17.3 Å². The van der Waals surface area contributed by atoms with Crippen LogP contribution in [0.15, 0.2) is 18.3 Å². The Hall–Kier alpha value is -1.22. The zero-order valence-corrected chi connectivity index (χ0v) is 18.4. The normalized spacial score (nSPS) is 13.1. The summed E-state index contributed by atoms with van der Waals surface area (Å²) in [5.74, 6) is -0.378. The molecule has 2 aromatic rings. The summed E-state index contributed by atoms with van der Waals surface area (Å²) in [5, 5.41) is 0.735. The fourth-order valence-corrected chi connectivity index (χ4v) is 3.65. The number of carbonyl (C=O) groups is 1. The first kappa shape index (κ1) is 21.1. The maximum atomic E-state index is 11.5. The molecule has 1 unspecified atom stereocenters. The highest BCUT2D eigenvalue weighted by Gasteiger charge is 2.19. The fourth-order valence-electron chi connectivity index (χ4n) is 2.34. The number of H-pyrrole nitrogens is 1. The molecular weight excluding hydrogens is 416 g/mol. The number of nitrogens with zero attached hydrogens (tertiary/aromatic N) is 1. The molecule has 144 valence electrons. The Bertz CT molecular complexity index is 730. The number of carbonyl (C=O) groups excluding carboxylic acids is 1. The van der Waals surface area contributed by atoms with Crippen molar-refractivity contribution >= 4 is 41.0 Å². The van der Waals surface area contributed by atoms with Gasteiger partial charge in [0.2, 0.25) is 0 Å². The Balaban J connectivity index is 2.08. The first-order valence-electron chi connectivity index (χ1n) is 8.76. The van der Waals surface area contributed by atoms with Gasteiger partial charge in [-0.25, -0.2) is 9.78 Å². The highest BCUT2D eigenvalue weighted by atomic mass is 79.9. The third-order valence-electron chi connectivity index (χ3n) is 3.77. The Morgan fingerprint density at radius 3 is 2.85 bits per heavy atom. The van der Waals surface area contributed by atoms with Gasteiger partial charge in [0.15, 0.2) is 0 Å². The molecule has 0 fully saturated rings. The van der Waals surface area contributed by atoms with E-state index < -0.39 is 8.07 Å². The van der Waals surface area contributed by atoms with Crippen molar-refractivity contribution in [3.05, 3.63) is 29.6 Å². The maximum Gasteiger partial charge on any atom is 0.332 e. The molecule has 0 radical (unpaired) electrons. The lowest BCUT2D eigenvalue weighted by Gasteiger charge is -2.19. The van der Waals surface area contributed by atoms with Gasteiger partial charge in [0, 0.05) is 31.8 Å². The number of alkyl halides is 1. The number of ether oxygens (including phenoxy) is 3. The van der Waals surface area contributed by atoms with E-state index in [-0.39, 0.29) is 24.2 Å². The average Bonchev–Trinajstić information content (AvgIpc) is 3.00. The highest BCUT2D eigenvalue weighted by Crippen LogP contribution is 2.30. The lowest BCUT2D eigenvalue weighted by Crippen LogP contribution is -2.22. The molecule has 0 aliphatic carbocycles. The minimum atomic E-state index is -1.16. The van der Waals surface area contributed by atoms with Crippen LogP contribution < -0.4 is 0 Å². The van der Waals surface area contributed by atoms with Crippen LogP contribution in [0.2, 0.25) is 25.7 Å². The van der Waals surface area contributed by atoms with E-state index in [0.717, 1.165) is 28.3 Å². The van der Waals surface area contributed by atoms with Gasteiger partial charge in [-0.2, -0.15) is 0 Å². The Kier molecular flexibility index (Phi) is 7.81. The van der Waals surface area contributed by atoms with Crippen molar-refractivity contribution < 1.29 is 19.0 Å². The molecule has 2 aromatic heterocycles. The van der Waals surface area contributed by atoms with Crippen LogP contribution >= 0.6 is 15.9 Å². The summed E-state index contributed by atoms with van der Waals surface area (Å²) >= 11 is 3.62. The Labute approximate surface area is 163 Å². The van der Waals surface area contributed by atoms with Gasteiger partial charge >= 0.3 is 5.97 Å². The molecule has 26 heavy (non-hydrogen) atoms. The molecule has 2 rings (SSSR count). The molecule has 2 heterocycles. The first-order chi connectivity index (χ1) is 12.3. The van der Waals surface area contributed by atoms with Crippen LogP contribution in [0.1, 0.15) is 23.2 Å². The van der Waals surface area contributed by atoms with Gasteiger partial charge < -0.3 is 19.2 Å². The largest absolute Gasteiger partial charge is 0.464 e. The SMILES string of the molecule is CCOC(=O)COCc1nc2[nH]ccc2cc1C(Br)OCC[Si](C)(C)C. The predicted molar refractivity (Wildman–Crippen MR) is 108 cm³/mol. The molecular formula is C18H27BrN2O4Si. The lowest BCUT2D eigenvalue weighted by atomic mass is 10.1. The second kappa shape index (κ2) is 9.64. The number of fused-ring (bicyclic) bond motifs is 1. The second-order valence-electron chi connectivity index (χ2n) is 7.24. The van der Waals surface area contributed by atoms with Crippen LogP contribution in [0.5, 0.6) is 0 Å². The van der Waals surface area contributed by atoms with E-state index in [4.69, 9.17) is 14.2 Å². The monoisotopic (exact) mass is 442 g/mol. The van der Waals surface area contributed by atoms with E-state index in [1.165, 1.54) is 0 Å². The number of aromatic amines is 1. The van der Waals surface area contributed by atoms with Gasteiger partial charge in [-0.1, -0.05) is 35.6 Å². The van der Waals surface area contributed by atoms with Crippen molar-refractivity contribution in [3.8, 4) is 0 Å². The van der Waals surface area contributed by atoms with Crippen LogP contribution in [0.3, 0.4) is 0 Å². The lowest BCUT2D eigenvalue weighted by molar-refractivity contribution is -0.148. The molecule has 0 aliphatic heterocycles. The van der Waals surface area contributed by atoms with Gasteiger partial charge in [-0.05, 0) is 25.1 Å². The zero-order chi connectivity index (χ0) is 19.2. The average molecular weight is 443 g/mol. The predicted octanol–water partition coefficient (Wildman–Crippen LogP) is 4.39. The fraction of sp³-hybridized carbons (Fsp3) is 0.556. The Morgan fingerprint density at radius 2 is 2.15 bits per heavy atom. The van der Waals surface area contributed by atoms with Crippen molar-refractivity contribution in [2.24, 2.45) is 0 Å². The van der Waals surface area contributed by atoms with Crippen LogP contribution in [-0.2, 0) is 25.6 Å². The van der Waals surface area contributed by atoms with Gasteiger partial charge in [0.25, 0.3) is 0 Å². The molecule has 6 nitrogen and oxygen atoms in total. The van der Waals surface area contributed by atoms with E-state index in [0.29, 0.717) is 13.2 Å². The summed E-state index contributed by atoms with van der Waals surface area (Å²) < 4.78 is 16.4. The summed E-state index contributed by atoms with van der Waals surface area (Å²) in [6, 6.07) is 5.09. The number of halogens is 1. The molecule has 1 atom stereocenters. The van der Waals surface area contributed by atoms with Gasteiger partial charge in [-0.15, -0.1) is 0 Å². The van der Waals surface area contributed by atoms with Crippen molar-refractivity contribution in [1.29, 1.82) is 0 Å². The number of hydrogen-bond acceptors (Lipinski definition) is 5. The number of rotatable bonds is 10. The topological polar surface area (TPSA) is 73.4 Å². The standard InChI is InChI=1S/C18H27BrN2O4Si/c1-5-24-16(22)12-23-11-15-14(10-13-6-7-20-18(13)21-15)17(19)25-8-9-26(2,3)4/h6-7,10,17H,5,8-9,11-12H2,1-4H3,(H,20,21). The molecule has 0 aliphatic rings. The summed E-state index contributed by atoms with van der Waals surface area (Å²) in [6.45, 7) is 9.88. The van der Waals surface area contributed by atoms with E-state index in [1.807, 2.05) is 18.3 Å². The number of nitrogens with one attached hydrogen (secondary N) is 1. The number of hydrogen-bond donors (Lipinski definition) is 1. The summed E-state index contributed by atoms with van der Waals surface area (Å²) in [5.41, 5.74) is 2.43. The van der Waals surface area contributed by atoms with Crippen molar-refractivity contribution in [2.45, 2.75) is 44.2 Å². The smallest absolute Gasteiger partial charge is 0.332 e. The van der Waals surface area contributed by atoms with E-state index in [9.17, 15) is 4.79 Å². The molecule has 0 aromatic carbocycles. The molecule has 0 spiro atoms. The highest BCUT2D eigenvalue weighted by molar-refractivity contribution is 9.09. The minimum Gasteiger partial charge on any atom is -0.464 e. The zero-order valence-electron chi connectivity index (χ0n) is 15.8. The maximum absolute atomic E-state index is 11.5. The van der Waals surface area contributed by atoms with Crippen molar-refractivity contribution in [1.82, 2.24) is 9.97 Å². The van der Waals surface area contributed by atoms with Gasteiger partial charge in [0.05, 0.1) is 18.9 Å². The van der Waals surface area contributed by atoms with Crippen LogP contribution in [0.25, 0.3) is 11.0 Å². The second-order valence-corrected chi connectivity index (χ2v) is 13.7.